The number of hydrogen-bond donors (Lipinski definition) is 2. The average molecular weight is 381 g/mol. The lowest BCUT2D eigenvalue weighted by molar-refractivity contribution is 0.0944. The van der Waals surface area contributed by atoms with Crippen LogP contribution < -0.4 is 10.9 Å². The number of hydrogen-bond acceptors (Lipinski definition) is 2. The lowest BCUT2D eigenvalue weighted by Gasteiger charge is -2.25. The summed E-state index contributed by atoms with van der Waals surface area (Å²) in [5.74, 6) is -0.391. The van der Waals surface area contributed by atoms with Crippen molar-refractivity contribution >= 4 is 17.5 Å². The third-order valence-corrected chi connectivity index (χ3v) is 4.81. The molecule has 0 atom stereocenters. The first-order chi connectivity index (χ1) is 12.9. The number of carbonyl (C=O) groups excluding carboxylic acids is 1. The largest absolute Gasteiger partial charge is 0.351 e. The van der Waals surface area contributed by atoms with Crippen LogP contribution in [0.3, 0.4) is 0 Å². The second kappa shape index (κ2) is 7.80. The SMILES string of the molecule is CC(C)(CNC(=O)c1ccc(-c2ccccc2)[nH]c1=O)c1ccc(Cl)cc1. The number of amides is 1. The zero-order chi connectivity index (χ0) is 19.4. The van der Waals surface area contributed by atoms with E-state index in [4.69, 9.17) is 11.6 Å². The Balaban J connectivity index is 1.73. The molecular formula is C22H21ClN2O2. The van der Waals surface area contributed by atoms with Gasteiger partial charge in [0.1, 0.15) is 5.56 Å². The second-order valence-corrected chi connectivity index (χ2v) is 7.49. The Labute approximate surface area is 163 Å². The van der Waals surface area contributed by atoms with Gasteiger partial charge in [0, 0.05) is 22.7 Å². The highest BCUT2D eigenvalue weighted by Crippen LogP contribution is 2.24. The van der Waals surface area contributed by atoms with E-state index in [0.717, 1.165) is 11.1 Å². The maximum atomic E-state index is 12.5. The van der Waals surface area contributed by atoms with Crippen LogP contribution in [0.2, 0.25) is 5.02 Å². The van der Waals surface area contributed by atoms with Crippen LogP contribution in [0.4, 0.5) is 0 Å². The third kappa shape index (κ3) is 4.47. The molecule has 27 heavy (non-hydrogen) atoms. The van der Waals surface area contributed by atoms with Gasteiger partial charge in [-0.25, -0.2) is 0 Å². The Hall–Kier alpha value is -2.85. The molecule has 0 aliphatic heterocycles. The van der Waals surface area contributed by atoms with Crippen molar-refractivity contribution in [2.75, 3.05) is 6.54 Å². The predicted molar refractivity (Wildman–Crippen MR) is 109 cm³/mol. The summed E-state index contributed by atoms with van der Waals surface area (Å²) in [6.07, 6.45) is 0. The molecule has 0 saturated heterocycles. The Morgan fingerprint density at radius 2 is 1.67 bits per heavy atom. The summed E-state index contributed by atoms with van der Waals surface area (Å²) in [6.45, 7) is 4.45. The minimum absolute atomic E-state index is 0.0987. The molecule has 4 nitrogen and oxygen atoms in total. The lowest BCUT2D eigenvalue weighted by Crippen LogP contribution is -2.38. The summed E-state index contributed by atoms with van der Waals surface area (Å²) < 4.78 is 0. The van der Waals surface area contributed by atoms with E-state index >= 15 is 0 Å². The van der Waals surface area contributed by atoms with Crippen molar-refractivity contribution < 1.29 is 4.79 Å². The molecule has 5 heteroatoms. The fourth-order valence-corrected chi connectivity index (χ4v) is 2.96. The van der Waals surface area contributed by atoms with Gasteiger partial charge in [0.05, 0.1) is 0 Å². The number of pyridine rings is 1. The highest BCUT2D eigenvalue weighted by Gasteiger charge is 2.22. The third-order valence-electron chi connectivity index (χ3n) is 4.56. The lowest BCUT2D eigenvalue weighted by atomic mass is 9.84. The van der Waals surface area contributed by atoms with E-state index in [-0.39, 0.29) is 11.0 Å². The van der Waals surface area contributed by atoms with Crippen molar-refractivity contribution in [2.45, 2.75) is 19.3 Å². The summed E-state index contributed by atoms with van der Waals surface area (Å²) in [5.41, 5.74) is 2.03. The molecule has 0 unspecified atom stereocenters. The molecule has 0 radical (unpaired) electrons. The van der Waals surface area contributed by atoms with Crippen LogP contribution in [-0.2, 0) is 5.41 Å². The first-order valence-electron chi connectivity index (χ1n) is 8.70. The molecule has 0 saturated carbocycles. The van der Waals surface area contributed by atoms with Gasteiger partial charge in [-0.2, -0.15) is 0 Å². The number of nitrogens with one attached hydrogen (secondary N) is 2. The van der Waals surface area contributed by atoms with Crippen molar-refractivity contribution in [3.8, 4) is 11.3 Å². The summed E-state index contributed by atoms with van der Waals surface area (Å²) in [6, 6.07) is 20.3. The molecule has 2 N–H and O–H groups in total. The molecule has 0 spiro atoms. The van der Waals surface area contributed by atoms with Gasteiger partial charge in [-0.1, -0.05) is 67.9 Å². The van der Waals surface area contributed by atoms with Crippen LogP contribution in [0.5, 0.6) is 0 Å². The number of halogens is 1. The van der Waals surface area contributed by atoms with Crippen LogP contribution in [0.25, 0.3) is 11.3 Å². The van der Waals surface area contributed by atoms with E-state index in [1.54, 1.807) is 12.1 Å². The maximum absolute atomic E-state index is 12.5. The van der Waals surface area contributed by atoms with Gasteiger partial charge in [0.15, 0.2) is 0 Å². The van der Waals surface area contributed by atoms with Gasteiger partial charge in [0.2, 0.25) is 0 Å². The normalized spacial score (nSPS) is 11.2. The number of aromatic nitrogens is 1. The quantitative estimate of drug-likeness (QED) is 0.689. The summed E-state index contributed by atoms with van der Waals surface area (Å²) in [5, 5.41) is 3.53. The molecule has 0 aliphatic carbocycles. The second-order valence-electron chi connectivity index (χ2n) is 7.05. The minimum Gasteiger partial charge on any atom is -0.351 e. The number of H-pyrrole nitrogens is 1. The standard InChI is InChI=1S/C22H21ClN2O2/c1-22(2,16-8-10-17(23)11-9-16)14-24-20(26)18-12-13-19(25-21(18)27)15-6-4-3-5-7-15/h3-13H,14H2,1-2H3,(H,24,26)(H,25,27). The van der Waals surface area contributed by atoms with E-state index in [0.29, 0.717) is 17.3 Å². The fraction of sp³-hybridized carbons (Fsp3) is 0.182. The van der Waals surface area contributed by atoms with Gasteiger partial charge in [-0.15, -0.1) is 0 Å². The Kier molecular flexibility index (Phi) is 5.47. The highest BCUT2D eigenvalue weighted by atomic mass is 35.5. The van der Waals surface area contributed by atoms with Crippen molar-refractivity contribution in [3.63, 3.8) is 0 Å². The fourth-order valence-electron chi connectivity index (χ4n) is 2.84. The van der Waals surface area contributed by atoms with E-state index in [1.165, 1.54) is 0 Å². The number of rotatable bonds is 5. The van der Waals surface area contributed by atoms with Crippen molar-refractivity contribution in [1.29, 1.82) is 0 Å². The number of aromatic amines is 1. The molecule has 0 bridgehead atoms. The molecule has 3 rings (SSSR count). The van der Waals surface area contributed by atoms with Crippen molar-refractivity contribution in [2.24, 2.45) is 0 Å². The van der Waals surface area contributed by atoms with Crippen molar-refractivity contribution in [3.05, 3.63) is 93.2 Å². The van der Waals surface area contributed by atoms with Crippen LogP contribution >= 0.6 is 11.6 Å². The highest BCUT2D eigenvalue weighted by molar-refractivity contribution is 6.30. The summed E-state index contributed by atoms with van der Waals surface area (Å²) in [7, 11) is 0. The van der Waals surface area contributed by atoms with Crippen LogP contribution in [0.1, 0.15) is 29.8 Å². The van der Waals surface area contributed by atoms with Gasteiger partial charge < -0.3 is 10.3 Å². The van der Waals surface area contributed by atoms with Crippen LogP contribution in [0, 0.1) is 0 Å². The van der Waals surface area contributed by atoms with E-state index in [2.05, 4.69) is 10.3 Å². The molecule has 0 fully saturated rings. The number of benzene rings is 2. The smallest absolute Gasteiger partial charge is 0.261 e. The van der Waals surface area contributed by atoms with Crippen LogP contribution in [0.15, 0.2) is 71.5 Å². The zero-order valence-corrected chi connectivity index (χ0v) is 16.0. The Morgan fingerprint density at radius 1 is 1.00 bits per heavy atom. The average Bonchev–Trinajstić information content (AvgIpc) is 2.67. The summed E-state index contributed by atoms with van der Waals surface area (Å²) >= 11 is 5.94. The van der Waals surface area contributed by atoms with Gasteiger partial charge in [-0.3, -0.25) is 9.59 Å². The topological polar surface area (TPSA) is 62.0 Å². The van der Waals surface area contributed by atoms with Crippen LogP contribution in [-0.4, -0.2) is 17.4 Å². The molecule has 0 aliphatic rings. The predicted octanol–water partition coefficient (Wildman–Crippen LogP) is 4.40. The van der Waals surface area contributed by atoms with Gasteiger partial charge >= 0.3 is 0 Å². The zero-order valence-electron chi connectivity index (χ0n) is 15.3. The van der Waals surface area contributed by atoms with Crippen molar-refractivity contribution in [1.82, 2.24) is 10.3 Å². The minimum atomic E-state index is -0.404. The van der Waals surface area contributed by atoms with Gasteiger partial charge in [-0.05, 0) is 35.4 Å². The molecular weight excluding hydrogens is 360 g/mol. The molecule has 1 heterocycles. The number of carbonyl (C=O) groups is 1. The van der Waals surface area contributed by atoms with Gasteiger partial charge in [0.25, 0.3) is 11.5 Å². The first-order valence-corrected chi connectivity index (χ1v) is 9.08. The first kappa shape index (κ1) is 18.9. The summed E-state index contributed by atoms with van der Waals surface area (Å²) in [4.78, 5) is 27.6. The molecule has 1 amide bonds. The van der Waals surface area contributed by atoms with E-state index in [9.17, 15) is 9.59 Å². The monoisotopic (exact) mass is 380 g/mol. The maximum Gasteiger partial charge on any atom is 0.261 e. The van der Waals surface area contributed by atoms with E-state index < -0.39 is 11.5 Å². The van der Waals surface area contributed by atoms with E-state index in [1.807, 2.05) is 68.4 Å². The molecule has 3 aromatic rings. The molecule has 1 aromatic heterocycles. The Morgan fingerprint density at radius 3 is 2.30 bits per heavy atom. The molecule has 2 aromatic carbocycles. The molecule has 138 valence electrons. The Bertz CT molecular complexity index is 993.